The average Bonchev–Trinajstić information content (AvgIpc) is 2.58. The van der Waals surface area contributed by atoms with Gasteiger partial charge < -0.3 is 15.4 Å². The van der Waals surface area contributed by atoms with Gasteiger partial charge in [-0.05, 0) is 51.3 Å². The Bertz CT molecular complexity index is 556. The largest absolute Gasteiger partial charge is 0.373 e. The second kappa shape index (κ2) is 11.1. The van der Waals surface area contributed by atoms with Crippen LogP contribution in [0, 0.1) is 5.82 Å². The number of halogens is 1. The smallest absolute Gasteiger partial charge is 0.191 e. The number of rotatable bonds is 8. The first-order valence-electron chi connectivity index (χ1n) is 9.71. The molecule has 5 nitrogen and oxygen atoms in total. The van der Waals surface area contributed by atoms with Gasteiger partial charge in [0, 0.05) is 39.3 Å². The molecule has 0 radical (unpaired) electrons. The molecule has 0 aliphatic carbocycles. The minimum Gasteiger partial charge on any atom is -0.373 e. The molecule has 1 aliphatic rings. The number of aliphatic imine (C=N–C) groups is 1. The minimum absolute atomic E-state index is 0.185. The van der Waals surface area contributed by atoms with Gasteiger partial charge in [-0.1, -0.05) is 12.1 Å². The second-order valence-electron chi connectivity index (χ2n) is 6.94. The number of morpholine rings is 1. The molecule has 1 aliphatic heterocycles. The van der Waals surface area contributed by atoms with Crippen LogP contribution in [0.15, 0.2) is 29.3 Å². The molecule has 0 amide bonds. The van der Waals surface area contributed by atoms with E-state index in [0.29, 0.717) is 12.2 Å². The fraction of sp³-hybridized carbons (Fsp3) is 0.650. The first-order chi connectivity index (χ1) is 12.6. The summed E-state index contributed by atoms with van der Waals surface area (Å²) in [5.74, 6) is 0.641. The van der Waals surface area contributed by atoms with E-state index in [2.05, 4.69) is 41.3 Å². The quantitative estimate of drug-likeness (QED) is 0.423. The molecule has 1 fully saturated rings. The van der Waals surface area contributed by atoms with Crippen molar-refractivity contribution in [2.45, 2.75) is 45.8 Å². The maximum Gasteiger partial charge on any atom is 0.191 e. The van der Waals surface area contributed by atoms with Gasteiger partial charge in [-0.15, -0.1) is 0 Å². The van der Waals surface area contributed by atoms with Gasteiger partial charge in [-0.25, -0.2) is 4.39 Å². The molecule has 0 saturated carbocycles. The monoisotopic (exact) mass is 364 g/mol. The zero-order chi connectivity index (χ0) is 18.8. The fourth-order valence-electron chi connectivity index (χ4n) is 3.31. The summed E-state index contributed by atoms with van der Waals surface area (Å²) >= 11 is 0. The Balaban J connectivity index is 1.70. The maximum atomic E-state index is 13.2. The summed E-state index contributed by atoms with van der Waals surface area (Å²) in [5.41, 5.74) is 0.990. The van der Waals surface area contributed by atoms with Crippen molar-refractivity contribution < 1.29 is 9.13 Å². The van der Waals surface area contributed by atoms with Crippen molar-refractivity contribution in [3.8, 4) is 0 Å². The molecule has 146 valence electrons. The summed E-state index contributed by atoms with van der Waals surface area (Å²) in [5, 5.41) is 6.59. The first kappa shape index (κ1) is 20.6. The Labute approximate surface area is 157 Å². The van der Waals surface area contributed by atoms with Gasteiger partial charge in [-0.2, -0.15) is 0 Å². The van der Waals surface area contributed by atoms with E-state index in [1.165, 1.54) is 6.07 Å². The lowest BCUT2D eigenvalue weighted by Crippen LogP contribution is -2.45. The van der Waals surface area contributed by atoms with Crippen LogP contribution in [0.2, 0.25) is 0 Å². The maximum absolute atomic E-state index is 13.2. The number of hydrogen-bond acceptors (Lipinski definition) is 3. The summed E-state index contributed by atoms with van der Waals surface area (Å²) in [6.07, 6.45) is 2.42. The lowest BCUT2D eigenvalue weighted by molar-refractivity contribution is -0.0679. The van der Waals surface area contributed by atoms with Crippen molar-refractivity contribution in [1.82, 2.24) is 15.5 Å². The second-order valence-corrected chi connectivity index (χ2v) is 6.94. The molecule has 1 heterocycles. The van der Waals surface area contributed by atoms with Crippen molar-refractivity contribution in [2.75, 3.05) is 39.3 Å². The van der Waals surface area contributed by atoms with Crippen molar-refractivity contribution in [3.63, 3.8) is 0 Å². The van der Waals surface area contributed by atoms with Crippen LogP contribution in [-0.4, -0.2) is 62.3 Å². The SMILES string of the molecule is CCNC(=NCCCN1CC(C)OC(C)C1)NCCc1cccc(F)c1. The summed E-state index contributed by atoms with van der Waals surface area (Å²) in [6, 6.07) is 6.74. The molecule has 2 unspecified atom stereocenters. The number of nitrogens with zero attached hydrogens (tertiary/aromatic N) is 2. The van der Waals surface area contributed by atoms with E-state index in [4.69, 9.17) is 4.74 Å². The van der Waals surface area contributed by atoms with Crippen LogP contribution in [0.4, 0.5) is 4.39 Å². The van der Waals surface area contributed by atoms with E-state index in [9.17, 15) is 4.39 Å². The van der Waals surface area contributed by atoms with Gasteiger partial charge in [0.25, 0.3) is 0 Å². The molecule has 0 bridgehead atoms. The number of guanidine groups is 1. The average molecular weight is 365 g/mol. The van der Waals surface area contributed by atoms with Gasteiger partial charge in [-0.3, -0.25) is 9.89 Å². The van der Waals surface area contributed by atoms with E-state index in [0.717, 1.165) is 63.6 Å². The van der Waals surface area contributed by atoms with Crippen LogP contribution in [0.25, 0.3) is 0 Å². The zero-order valence-electron chi connectivity index (χ0n) is 16.3. The molecule has 26 heavy (non-hydrogen) atoms. The van der Waals surface area contributed by atoms with E-state index in [-0.39, 0.29) is 5.82 Å². The summed E-state index contributed by atoms with van der Waals surface area (Å²) < 4.78 is 19.0. The van der Waals surface area contributed by atoms with Crippen LogP contribution >= 0.6 is 0 Å². The van der Waals surface area contributed by atoms with E-state index >= 15 is 0 Å². The van der Waals surface area contributed by atoms with Crippen molar-refractivity contribution in [2.24, 2.45) is 4.99 Å². The van der Waals surface area contributed by atoms with Gasteiger partial charge in [0.2, 0.25) is 0 Å². The Kier molecular flexibility index (Phi) is 8.85. The first-order valence-corrected chi connectivity index (χ1v) is 9.71. The highest BCUT2D eigenvalue weighted by Crippen LogP contribution is 2.10. The number of nitrogens with one attached hydrogen (secondary N) is 2. The van der Waals surface area contributed by atoms with Gasteiger partial charge in [0.05, 0.1) is 12.2 Å². The zero-order valence-corrected chi connectivity index (χ0v) is 16.3. The Hall–Kier alpha value is -1.66. The van der Waals surface area contributed by atoms with E-state index in [1.54, 1.807) is 12.1 Å². The van der Waals surface area contributed by atoms with Gasteiger partial charge >= 0.3 is 0 Å². The molecule has 1 aromatic carbocycles. The summed E-state index contributed by atoms with van der Waals surface area (Å²) in [6.45, 7) is 11.7. The van der Waals surface area contributed by atoms with Crippen LogP contribution in [0.1, 0.15) is 32.8 Å². The third-order valence-electron chi connectivity index (χ3n) is 4.34. The highest BCUT2D eigenvalue weighted by atomic mass is 19.1. The molecule has 0 spiro atoms. The molecular formula is C20H33FN4O. The van der Waals surface area contributed by atoms with Crippen LogP contribution in [0.5, 0.6) is 0 Å². The Morgan fingerprint density at radius 2 is 2.04 bits per heavy atom. The molecule has 0 aromatic heterocycles. The van der Waals surface area contributed by atoms with Crippen molar-refractivity contribution in [3.05, 3.63) is 35.6 Å². The summed E-state index contributed by atoms with van der Waals surface area (Å²) in [7, 11) is 0. The van der Waals surface area contributed by atoms with Crippen molar-refractivity contribution in [1.29, 1.82) is 0 Å². The third kappa shape index (κ3) is 7.70. The molecule has 1 saturated heterocycles. The molecule has 2 rings (SSSR count). The standard InChI is InChI=1S/C20H33FN4O/c1-4-22-20(24-11-9-18-7-5-8-19(21)13-18)23-10-6-12-25-14-16(2)26-17(3)15-25/h5,7-8,13,16-17H,4,6,9-12,14-15H2,1-3H3,(H2,22,23,24). The number of benzene rings is 1. The minimum atomic E-state index is -0.185. The van der Waals surface area contributed by atoms with E-state index in [1.807, 2.05) is 6.07 Å². The molecule has 2 atom stereocenters. The lowest BCUT2D eigenvalue weighted by Gasteiger charge is -2.35. The summed E-state index contributed by atoms with van der Waals surface area (Å²) in [4.78, 5) is 7.10. The Morgan fingerprint density at radius 1 is 1.27 bits per heavy atom. The van der Waals surface area contributed by atoms with Crippen LogP contribution in [0.3, 0.4) is 0 Å². The van der Waals surface area contributed by atoms with Crippen LogP contribution < -0.4 is 10.6 Å². The van der Waals surface area contributed by atoms with Crippen LogP contribution in [-0.2, 0) is 11.2 Å². The van der Waals surface area contributed by atoms with Gasteiger partial charge in [0.1, 0.15) is 5.82 Å². The highest BCUT2D eigenvalue weighted by Gasteiger charge is 2.21. The van der Waals surface area contributed by atoms with Gasteiger partial charge in [0.15, 0.2) is 5.96 Å². The Morgan fingerprint density at radius 3 is 2.73 bits per heavy atom. The molecular weight excluding hydrogens is 331 g/mol. The normalized spacial score (nSPS) is 21.6. The van der Waals surface area contributed by atoms with E-state index < -0.39 is 0 Å². The van der Waals surface area contributed by atoms with Crippen molar-refractivity contribution >= 4 is 5.96 Å². The predicted molar refractivity (Wildman–Crippen MR) is 105 cm³/mol. The topological polar surface area (TPSA) is 48.9 Å². The molecule has 6 heteroatoms. The number of hydrogen-bond donors (Lipinski definition) is 2. The third-order valence-corrected chi connectivity index (χ3v) is 4.34. The number of ether oxygens (including phenoxy) is 1. The fourth-order valence-corrected chi connectivity index (χ4v) is 3.31. The lowest BCUT2D eigenvalue weighted by atomic mass is 10.1. The predicted octanol–water partition coefficient (Wildman–Crippen LogP) is 2.42. The molecule has 2 N–H and O–H groups in total. The highest BCUT2D eigenvalue weighted by molar-refractivity contribution is 5.79. The molecule has 1 aromatic rings.